The highest BCUT2D eigenvalue weighted by molar-refractivity contribution is 7.92. The number of para-hydroxylation sites is 1. The number of aryl methyl sites for hydroxylation is 1. The number of benzene rings is 3. The molecule has 0 unspecified atom stereocenters. The maximum atomic E-state index is 13.1. The van der Waals surface area contributed by atoms with Crippen molar-refractivity contribution < 1.29 is 13.2 Å². The number of hydrogen-bond acceptors (Lipinski definition) is 4. The fraction of sp³-hybridized carbons (Fsp3) is 0.130. The molecule has 3 aromatic carbocycles. The highest BCUT2D eigenvalue weighted by atomic mass is 32.2. The van der Waals surface area contributed by atoms with E-state index in [0.29, 0.717) is 24.2 Å². The predicted molar refractivity (Wildman–Crippen MR) is 126 cm³/mol. The number of thiocarbonyl (C=S) groups is 1. The first-order valence-electron chi connectivity index (χ1n) is 9.75. The van der Waals surface area contributed by atoms with Gasteiger partial charge in [0.05, 0.1) is 10.6 Å². The van der Waals surface area contributed by atoms with Gasteiger partial charge in [-0.3, -0.25) is 14.4 Å². The van der Waals surface area contributed by atoms with Crippen LogP contribution in [0.3, 0.4) is 0 Å². The Hall–Kier alpha value is -3.23. The van der Waals surface area contributed by atoms with Crippen LogP contribution in [0, 0.1) is 6.92 Å². The van der Waals surface area contributed by atoms with Crippen molar-refractivity contribution in [2.75, 3.05) is 16.2 Å². The highest BCUT2D eigenvalue weighted by Crippen LogP contribution is 2.32. The average Bonchev–Trinajstić information content (AvgIpc) is 3.19. The fourth-order valence-corrected chi connectivity index (χ4v) is 5.27. The summed E-state index contributed by atoms with van der Waals surface area (Å²) >= 11 is 5.22. The molecule has 1 amide bonds. The van der Waals surface area contributed by atoms with Crippen molar-refractivity contribution in [3.8, 4) is 0 Å². The number of hydrogen-bond donors (Lipinski definition) is 2. The van der Waals surface area contributed by atoms with E-state index in [1.165, 1.54) is 16.4 Å². The number of carbonyl (C=O) groups is 1. The monoisotopic (exact) mass is 451 g/mol. The molecule has 4 rings (SSSR count). The van der Waals surface area contributed by atoms with Crippen molar-refractivity contribution >= 4 is 44.6 Å². The first kappa shape index (κ1) is 21.0. The van der Waals surface area contributed by atoms with Gasteiger partial charge in [-0.1, -0.05) is 36.4 Å². The Morgan fingerprint density at radius 1 is 0.968 bits per heavy atom. The molecule has 2 N–H and O–H groups in total. The quantitative estimate of drug-likeness (QED) is 0.589. The van der Waals surface area contributed by atoms with Crippen LogP contribution in [-0.2, 0) is 16.4 Å². The van der Waals surface area contributed by atoms with Crippen molar-refractivity contribution in [1.29, 1.82) is 0 Å². The summed E-state index contributed by atoms with van der Waals surface area (Å²) in [6, 6.07) is 21.1. The van der Waals surface area contributed by atoms with Gasteiger partial charge in [0.15, 0.2) is 5.11 Å². The minimum Gasteiger partial charge on any atom is -0.332 e. The molecule has 0 aliphatic carbocycles. The van der Waals surface area contributed by atoms with Gasteiger partial charge >= 0.3 is 0 Å². The molecule has 0 aromatic heterocycles. The summed E-state index contributed by atoms with van der Waals surface area (Å²) in [5.41, 5.74) is 3.72. The van der Waals surface area contributed by atoms with Crippen LogP contribution in [0.1, 0.15) is 21.5 Å². The van der Waals surface area contributed by atoms with Crippen molar-refractivity contribution in [2.24, 2.45) is 0 Å². The lowest BCUT2D eigenvalue weighted by Gasteiger charge is -2.19. The molecule has 0 radical (unpaired) electrons. The van der Waals surface area contributed by atoms with Gasteiger partial charge in [0.1, 0.15) is 0 Å². The summed E-state index contributed by atoms with van der Waals surface area (Å²) < 4.78 is 27.6. The topological polar surface area (TPSA) is 78.5 Å². The van der Waals surface area contributed by atoms with Crippen LogP contribution in [0.2, 0.25) is 0 Å². The van der Waals surface area contributed by atoms with E-state index in [9.17, 15) is 13.2 Å². The van der Waals surface area contributed by atoms with Gasteiger partial charge < -0.3 is 5.32 Å². The third kappa shape index (κ3) is 4.30. The maximum absolute atomic E-state index is 13.1. The van der Waals surface area contributed by atoms with E-state index in [0.717, 1.165) is 16.8 Å². The SMILES string of the molecule is Cc1ccccc1C(=O)NC(=S)Nc1ccc(S(=O)(=O)N2CCc3ccccc32)cc1. The first-order valence-corrected chi connectivity index (χ1v) is 11.6. The van der Waals surface area contributed by atoms with E-state index in [4.69, 9.17) is 12.2 Å². The summed E-state index contributed by atoms with van der Waals surface area (Å²) in [4.78, 5) is 12.6. The van der Waals surface area contributed by atoms with E-state index >= 15 is 0 Å². The number of amides is 1. The van der Waals surface area contributed by atoms with Crippen molar-refractivity contribution in [1.82, 2.24) is 5.32 Å². The van der Waals surface area contributed by atoms with Crippen LogP contribution in [0.25, 0.3) is 0 Å². The van der Waals surface area contributed by atoms with E-state index < -0.39 is 10.0 Å². The van der Waals surface area contributed by atoms with Crippen LogP contribution in [0.5, 0.6) is 0 Å². The zero-order valence-electron chi connectivity index (χ0n) is 16.8. The molecule has 0 spiro atoms. The Labute approximate surface area is 187 Å². The second-order valence-electron chi connectivity index (χ2n) is 7.20. The van der Waals surface area contributed by atoms with Gasteiger partial charge in [0.2, 0.25) is 0 Å². The summed E-state index contributed by atoms with van der Waals surface area (Å²) in [6.07, 6.45) is 0.698. The number of carbonyl (C=O) groups excluding carboxylic acids is 1. The molecule has 1 aliphatic heterocycles. The molecule has 0 atom stereocenters. The number of nitrogens with one attached hydrogen (secondary N) is 2. The van der Waals surface area contributed by atoms with Crippen LogP contribution in [0.4, 0.5) is 11.4 Å². The minimum absolute atomic E-state index is 0.136. The Morgan fingerprint density at radius 2 is 1.65 bits per heavy atom. The number of sulfonamides is 1. The lowest BCUT2D eigenvalue weighted by Crippen LogP contribution is -2.34. The van der Waals surface area contributed by atoms with Gasteiger partial charge in [-0.05, 0) is 73.1 Å². The molecule has 31 heavy (non-hydrogen) atoms. The molecular weight excluding hydrogens is 430 g/mol. The van der Waals surface area contributed by atoms with Gasteiger partial charge in [-0.2, -0.15) is 0 Å². The molecule has 3 aromatic rings. The summed E-state index contributed by atoms with van der Waals surface area (Å²) in [6.45, 7) is 2.28. The Balaban J connectivity index is 1.44. The van der Waals surface area contributed by atoms with Crippen LogP contribution in [0.15, 0.2) is 77.7 Å². The van der Waals surface area contributed by atoms with Gasteiger partial charge in [-0.25, -0.2) is 8.42 Å². The fourth-order valence-electron chi connectivity index (χ4n) is 3.56. The third-order valence-electron chi connectivity index (χ3n) is 5.16. The molecular formula is C23H21N3O3S2. The largest absolute Gasteiger partial charge is 0.332 e. The molecule has 0 saturated heterocycles. The third-order valence-corrected chi connectivity index (χ3v) is 7.19. The Kier molecular flexibility index (Phi) is 5.75. The average molecular weight is 452 g/mol. The molecule has 8 heteroatoms. The van der Waals surface area contributed by atoms with E-state index in [2.05, 4.69) is 10.6 Å². The zero-order valence-corrected chi connectivity index (χ0v) is 18.5. The first-order chi connectivity index (χ1) is 14.9. The lowest BCUT2D eigenvalue weighted by atomic mass is 10.1. The molecule has 158 valence electrons. The number of anilines is 2. The molecule has 0 saturated carbocycles. The van der Waals surface area contributed by atoms with Crippen molar-refractivity contribution in [3.63, 3.8) is 0 Å². The second kappa shape index (κ2) is 8.49. The molecule has 1 heterocycles. The van der Waals surface area contributed by atoms with Gasteiger partial charge in [0, 0.05) is 17.8 Å². The predicted octanol–water partition coefficient (Wildman–Crippen LogP) is 3.87. The molecule has 0 bridgehead atoms. The number of fused-ring (bicyclic) bond motifs is 1. The van der Waals surface area contributed by atoms with Gasteiger partial charge in [-0.15, -0.1) is 0 Å². The van der Waals surface area contributed by atoms with E-state index in [1.54, 1.807) is 24.3 Å². The minimum atomic E-state index is -3.65. The van der Waals surface area contributed by atoms with Crippen molar-refractivity contribution in [2.45, 2.75) is 18.2 Å². The standard InChI is InChI=1S/C23H21N3O3S2/c1-16-6-2-4-8-20(16)22(27)25-23(30)24-18-10-12-19(13-11-18)31(28,29)26-15-14-17-7-3-5-9-21(17)26/h2-13H,14-15H2,1H3,(H2,24,25,27,30). The summed E-state index contributed by atoms with van der Waals surface area (Å²) in [7, 11) is -3.65. The molecule has 1 aliphatic rings. The Morgan fingerprint density at radius 3 is 2.39 bits per heavy atom. The van der Waals surface area contributed by atoms with Crippen LogP contribution < -0.4 is 14.9 Å². The molecule has 6 nitrogen and oxygen atoms in total. The Bertz CT molecular complexity index is 1260. The summed E-state index contributed by atoms with van der Waals surface area (Å²) in [5.74, 6) is -0.303. The normalized spacial score (nSPS) is 12.9. The maximum Gasteiger partial charge on any atom is 0.264 e. The summed E-state index contributed by atoms with van der Waals surface area (Å²) in [5, 5.41) is 5.69. The molecule has 0 fully saturated rings. The number of rotatable bonds is 4. The van der Waals surface area contributed by atoms with E-state index in [1.807, 2.05) is 43.3 Å². The number of nitrogens with zero attached hydrogens (tertiary/aromatic N) is 1. The lowest BCUT2D eigenvalue weighted by molar-refractivity contribution is 0.0977. The van der Waals surface area contributed by atoms with E-state index in [-0.39, 0.29) is 15.9 Å². The van der Waals surface area contributed by atoms with Gasteiger partial charge in [0.25, 0.3) is 15.9 Å². The zero-order chi connectivity index (χ0) is 22.0. The smallest absolute Gasteiger partial charge is 0.264 e. The highest BCUT2D eigenvalue weighted by Gasteiger charge is 2.30. The van der Waals surface area contributed by atoms with Crippen LogP contribution >= 0.6 is 12.2 Å². The van der Waals surface area contributed by atoms with Crippen molar-refractivity contribution in [3.05, 3.63) is 89.5 Å². The second-order valence-corrected chi connectivity index (χ2v) is 9.47. The van der Waals surface area contributed by atoms with Crippen LogP contribution in [-0.4, -0.2) is 26.0 Å².